The molecule has 6 heteroatoms. The average Bonchev–Trinajstić information content (AvgIpc) is 3.17. The summed E-state index contributed by atoms with van der Waals surface area (Å²) in [6.45, 7) is 0. The second kappa shape index (κ2) is 5.81. The lowest BCUT2D eigenvalue weighted by Crippen LogP contribution is -2.15. The first-order chi connectivity index (χ1) is 12.7. The van der Waals surface area contributed by atoms with Crippen LogP contribution in [0.25, 0.3) is 10.9 Å². The summed E-state index contributed by atoms with van der Waals surface area (Å²) in [6.07, 6.45) is 2.81. The Kier molecular flexibility index (Phi) is 3.43. The molecule has 0 atom stereocenters. The van der Waals surface area contributed by atoms with Crippen molar-refractivity contribution >= 4 is 45.5 Å². The Morgan fingerprint density at radius 1 is 1.04 bits per heavy atom. The van der Waals surface area contributed by atoms with E-state index in [1.54, 1.807) is 0 Å². The fourth-order valence-corrected chi connectivity index (χ4v) is 3.87. The minimum Gasteiger partial charge on any atom is -0.353 e. The smallest absolute Gasteiger partial charge is 0.276 e. The van der Waals surface area contributed by atoms with Crippen molar-refractivity contribution in [2.45, 2.75) is 19.3 Å². The lowest BCUT2D eigenvalue weighted by molar-refractivity contribution is -0.110. The second-order valence-electron chi connectivity index (χ2n) is 6.52. The zero-order chi connectivity index (χ0) is 17.7. The maximum atomic E-state index is 12.2. The van der Waals surface area contributed by atoms with Crippen LogP contribution in [0.4, 0.5) is 5.69 Å². The number of aromatic nitrogens is 1. The molecule has 0 radical (unpaired) electrons. The molecule has 5 rings (SSSR count). The van der Waals surface area contributed by atoms with Crippen molar-refractivity contribution in [3.63, 3.8) is 0 Å². The van der Waals surface area contributed by atoms with Crippen LogP contribution >= 0.6 is 11.6 Å². The van der Waals surface area contributed by atoms with E-state index in [4.69, 9.17) is 11.6 Å². The van der Waals surface area contributed by atoms with E-state index in [2.05, 4.69) is 20.5 Å². The van der Waals surface area contributed by atoms with E-state index < -0.39 is 0 Å². The van der Waals surface area contributed by atoms with Gasteiger partial charge in [0, 0.05) is 21.5 Å². The van der Waals surface area contributed by atoms with Gasteiger partial charge in [0.2, 0.25) is 0 Å². The standard InChI is InChI=1S/C20H15ClN4O/c21-11-8-9-16-14(10-11)12-5-3-7-17(18(12)22-16)24-25-19-13-4-1-2-6-15(13)23-20(19)26/h1-2,4,6,8-10,22H,3,5,7H2,(H,23,25,26)/b24-17-. The third kappa shape index (κ3) is 2.35. The molecule has 0 bridgehead atoms. The van der Waals surface area contributed by atoms with Gasteiger partial charge in [0.1, 0.15) is 0 Å². The van der Waals surface area contributed by atoms with Crippen LogP contribution in [0.5, 0.6) is 0 Å². The largest absolute Gasteiger partial charge is 0.353 e. The van der Waals surface area contributed by atoms with Crippen LogP contribution in [0.2, 0.25) is 5.02 Å². The van der Waals surface area contributed by atoms with Gasteiger partial charge in [-0.15, -0.1) is 5.10 Å². The molecule has 1 amide bonds. The Balaban J connectivity index is 1.61. The molecule has 0 fully saturated rings. The van der Waals surface area contributed by atoms with Crippen LogP contribution in [0.1, 0.15) is 29.7 Å². The van der Waals surface area contributed by atoms with Gasteiger partial charge in [0.25, 0.3) is 5.91 Å². The number of amides is 1. The average molecular weight is 363 g/mol. The number of anilines is 1. The van der Waals surface area contributed by atoms with E-state index in [1.807, 2.05) is 42.5 Å². The normalized spacial score (nSPS) is 19.0. The molecule has 5 nitrogen and oxygen atoms in total. The fourth-order valence-electron chi connectivity index (χ4n) is 3.70. The fraction of sp³-hybridized carbons (Fsp3) is 0.150. The molecule has 26 heavy (non-hydrogen) atoms. The lowest BCUT2D eigenvalue weighted by atomic mass is 9.94. The maximum absolute atomic E-state index is 12.2. The third-order valence-electron chi connectivity index (χ3n) is 4.91. The molecule has 2 N–H and O–H groups in total. The van der Waals surface area contributed by atoms with Crippen molar-refractivity contribution in [3.8, 4) is 0 Å². The molecule has 0 spiro atoms. The summed E-state index contributed by atoms with van der Waals surface area (Å²) in [6, 6.07) is 13.4. The summed E-state index contributed by atoms with van der Waals surface area (Å²) < 4.78 is 0. The Morgan fingerprint density at radius 2 is 1.92 bits per heavy atom. The van der Waals surface area contributed by atoms with Crippen molar-refractivity contribution < 1.29 is 4.79 Å². The number of fused-ring (bicyclic) bond motifs is 4. The number of para-hydroxylation sites is 1. The van der Waals surface area contributed by atoms with Crippen LogP contribution in [0, 0.1) is 0 Å². The van der Waals surface area contributed by atoms with Crippen LogP contribution in [0.3, 0.4) is 0 Å². The quantitative estimate of drug-likeness (QED) is 0.622. The first-order valence-corrected chi connectivity index (χ1v) is 8.94. The Labute approximate surface area is 154 Å². The van der Waals surface area contributed by atoms with Crippen molar-refractivity contribution in [2.75, 3.05) is 5.32 Å². The van der Waals surface area contributed by atoms with Crippen molar-refractivity contribution in [1.29, 1.82) is 0 Å². The summed E-state index contributed by atoms with van der Waals surface area (Å²) >= 11 is 6.16. The van der Waals surface area contributed by atoms with Gasteiger partial charge < -0.3 is 10.3 Å². The molecule has 2 aliphatic rings. The zero-order valence-electron chi connectivity index (χ0n) is 13.8. The van der Waals surface area contributed by atoms with Crippen molar-refractivity contribution in [3.05, 3.63) is 64.3 Å². The number of nitrogens with zero attached hydrogens (tertiary/aromatic N) is 2. The zero-order valence-corrected chi connectivity index (χ0v) is 14.6. The highest BCUT2D eigenvalue weighted by Crippen LogP contribution is 2.31. The highest BCUT2D eigenvalue weighted by molar-refractivity contribution is 6.53. The number of aromatic amines is 1. The number of H-pyrrole nitrogens is 1. The molecule has 1 aliphatic carbocycles. The van der Waals surface area contributed by atoms with Gasteiger partial charge in [-0.25, -0.2) is 0 Å². The van der Waals surface area contributed by atoms with Crippen LogP contribution in [0.15, 0.2) is 52.7 Å². The van der Waals surface area contributed by atoms with E-state index in [9.17, 15) is 4.79 Å². The molecule has 2 aromatic carbocycles. The number of aryl methyl sites for hydroxylation is 1. The predicted octanol–water partition coefficient (Wildman–Crippen LogP) is 4.30. The number of hydrogen-bond acceptors (Lipinski definition) is 3. The number of hydrogen-bond donors (Lipinski definition) is 2. The number of halogens is 1. The molecule has 0 saturated carbocycles. The SMILES string of the molecule is O=C1Nc2ccccc2/C1=N/N=C1/CCCc2c1[nH]c1ccc(Cl)cc21. The van der Waals surface area contributed by atoms with Gasteiger partial charge in [-0.3, -0.25) is 4.79 Å². The molecule has 2 heterocycles. The lowest BCUT2D eigenvalue weighted by Gasteiger charge is -2.13. The Morgan fingerprint density at radius 3 is 2.85 bits per heavy atom. The Bertz CT molecular complexity index is 1130. The molecule has 128 valence electrons. The molecular weight excluding hydrogens is 348 g/mol. The van der Waals surface area contributed by atoms with E-state index in [1.165, 1.54) is 5.56 Å². The number of benzene rings is 2. The highest BCUT2D eigenvalue weighted by atomic mass is 35.5. The first kappa shape index (κ1) is 15.3. The first-order valence-electron chi connectivity index (χ1n) is 8.56. The topological polar surface area (TPSA) is 69.6 Å². The minimum atomic E-state index is -0.213. The molecule has 1 aromatic heterocycles. The highest BCUT2D eigenvalue weighted by Gasteiger charge is 2.26. The maximum Gasteiger partial charge on any atom is 0.276 e. The third-order valence-corrected chi connectivity index (χ3v) is 5.15. The number of nitrogens with one attached hydrogen (secondary N) is 2. The van der Waals surface area contributed by atoms with Gasteiger partial charge in [-0.05, 0) is 49.1 Å². The summed E-state index contributed by atoms with van der Waals surface area (Å²) in [7, 11) is 0. The van der Waals surface area contributed by atoms with E-state index in [-0.39, 0.29) is 5.91 Å². The second-order valence-corrected chi connectivity index (χ2v) is 6.95. The van der Waals surface area contributed by atoms with Gasteiger partial charge in [0.05, 0.1) is 17.1 Å². The minimum absolute atomic E-state index is 0.213. The van der Waals surface area contributed by atoms with Gasteiger partial charge in [-0.1, -0.05) is 29.8 Å². The number of carbonyl (C=O) groups is 1. The summed E-state index contributed by atoms with van der Waals surface area (Å²) in [5, 5.41) is 13.4. The molecular formula is C20H15ClN4O. The van der Waals surface area contributed by atoms with E-state index in [0.29, 0.717) is 5.71 Å². The predicted molar refractivity (Wildman–Crippen MR) is 104 cm³/mol. The van der Waals surface area contributed by atoms with E-state index >= 15 is 0 Å². The molecule has 1 aliphatic heterocycles. The van der Waals surface area contributed by atoms with Crippen molar-refractivity contribution in [1.82, 2.24) is 4.98 Å². The van der Waals surface area contributed by atoms with Gasteiger partial charge in [-0.2, -0.15) is 5.10 Å². The monoisotopic (exact) mass is 362 g/mol. The molecule has 3 aromatic rings. The molecule has 0 saturated heterocycles. The van der Waals surface area contributed by atoms with Crippen LogP contribution in [-0.2, 0) is 11.2 Å². The summed E-state index contributed by atoms with van der Waals surface area (Å²) in [5.41, 5.74) is 6.09. The van der Waals surface area contributed by atoms with E-state index in [0.717, 1.165) is 57.8 Å². The van der Waals surface area contributed by atoms with Gasteiger partial charge >= 0.3 is 0 Å². The molecule has 0 unspecified atom stereocenters. The number of rotatable bonds is 1. The number of carbonyl (C=O) groups excluding carboxylic acids is 1. The summed E-state index contributed by atoms with van der Waals surface area (Å²) in [4.78, 5) is 15.6. The van der Waals surface area contributed by atoms with Crippen LogP contribution < -0.4 is 5.32 Å². The Hall–Kier alpha value is -2.92. The van der Waals surface area contributed by atoms with Gasteiger partial charge in [0.15, 0.2) is 5.71 Å². The van der Waals surface area contributed by atoms with Crippen molar-refractivity contribution in [2.24, 2.45) is 10.2 Å². The summed E-state index contributed by atoms with van der Waals surface area (Å²) in [5.74, 6) is -0.213. The van der Waals surface area contributed by atoms with Crippen LogP contribution in [-0.4, -0.2) is 22.3 Å².